The van der Waals surface area contributed by atoms with E-state index in [-0.39, 0.29) is 16.8 Å². The van der Waals surface area contributed by atoms with Gasteiger partial charge in [0.05, 0.1) is 5.56 Å². The summed E-state index contributed by atoms with van der Waals surface area (Å²) >= 11 is 0. The van der Waals surface area contributed by atoms with Gasteiger partial charge >= 0.3 is 5.97 Å². The highest BCUT2D eigenvalue weighted by atomic mass is 16.5. The van der Waals surface area contributed by atoms with Gasteiger partial charge in [-0.05, 0) is 57.0 Å². The Morgan fingerprint density at radius 2 is 1.26 bits per heavy atom. The van der Waals surface area contributed by atoms with Crippen LogP contribution in [0.25, 0.3) is 10.8 Å². The molecular weight excluding hydrogens is 332 g/mol. The zero-order valence-corrected chi connectivity index (χ0v) is 17.1. The molecular formula is C25H28O2. The lowest BCUT2D eigenvalue weighted by atomic mass is 9.79. The van der Waals surface area contributed by atoms with Gasteiger partial charge in [-0.25, -0.2) is 4.79 Å². The third kappa shape index (κ3) is 4.39. The Morgan fingerprint density at radius 1 is 0.704 bits per heavy atom. The van der Waals surface area contributed by atoms with Gasteiger partial charge in [-0.2, -0.15) is 0 Å². The Bertz CT molecular complexity index is 953. The van der Waals surface area contributed by atoms with E-state index in [9.17, 15) is 4.79 Å². The lowest BCUT2D eigenvalue weighted by molar-refractivity contribution is 0.0734. The molecule has 0 aliphatic heterocycles. The van der Waals surface area contributed by atoms with Crippen LogP contribution in [0.1, 0.15) is 63.0 Å². The molecule has 0 N–H and O–H groups in total. The van der Waals surface area contributed by atoms with Crippen molar-refractivity contribution < 1.29 is 9.53 Å². The Hall–Kier alpha value is -2.61. The van der Waals surface area contributed by atoms with Crippen molar-refractivity contribution in [1.82, 2.24) is 0 Å². The lowest BCUT2D eigenvalue weighted by Gasteiger charge is -2.25. The maximum atomic E-state index is 12.9. The minimum atomic E-state index is -0.318. The van der Waals surface area contributed by atoms with E-state index in [1.165, 1.54) is 0 Å². The normalized spacial score (nSPS) is 12.2. The Labute approximate surface area is 162 Å². The van der Waals surface area contributed by atoms with Gasteiger partial charge in [-0.1, -0.05) is 77.9 Å². The van der Waals surface area contributed by atoms with Crippen LogP contribution < -0.4 is 4.74 Å². The van der Waals surface area contributed by atoms with Gasteiger partial charge in [0.2, 0.25) is 0 Å². The average Bonchev–Trinajstić information content (AvgIpc) is 2.59. The monoisotopic (exact) mass is 360 g/mol. The van der Waals surface area contributed by atoms with E-state index >= 15 is 0 Å². The van der Waals surface area contributed by atoms with Crippen LogP contribution in [0, 0.1) is 0 Å². The second kappa shape index (κ2) is 6.84. The number of hydrogen-bond acceptors (Lipinski definition) is 2. The summed E-state index contributed by atoms with van der Waals surface area (Å²) in [5.41, 5.74) is 2.79. The Balaban J connectivity index is 1.97. The third-order valence-corrected chi connectivity index (χ3v) is 4.83. The van der Waals surface area contributed by atoms with Crippen LogP contribution in [0.4, 0.5) is 0 Å². The molecule has 0 saturated carbocycles. The minimum Gasteiger partial charge on any atom is -0.423 e. The van der Waals surface area contributed by atoms with Crippen molar-refractivity contribution in [2.75, 3.05) is 0 Å². The fourth-order valence-electron chi connectivity index (χ4n) is 3.01. The van der Waals surface area contributed by atoms with Crippen LogP contribution in [0.3, 0.4) is 0 Å². The number of fused-ring (bicyclic) bond motifs is 1. The number of ether oxygens (including phenoxy) is 1. The largest absolute Gasteiger partial charge is 0.423 e. The first-order valence-electron chi connectivity index (χ1n) is 9.41. The molecule has 0 unspecified atom stereocenters. The third-order valence-electron chi connectivity index (χ3n) is 4.83. The molecule has 0 aromatic heterocycles. The van der Waals surface area contributed by atoms with Gasteiger partial charge in [-0.3, -0.25) is 0 Å². The molecule has 27 heavy (non-hydrogen) atoms. The first-order chi connectivity index (χ1) is 12.5. The lowest BCUT2D eigenvalue weighted by Crippen LogP contribution is -2.19. The molecule has 140 valence electrons. The summed E-state index contributed by atoms with van der Waals surface area (Å²) in [6.07, 6.45) is 0. The number of benzene rings is 3. The predicted molar refractivity (Wildman–Crippen MR) is 113 cm³/mol. The van der Waals surface area contributed by atoms with E-state index in [4.69, 9.17) is 4.74 Å². The van der Waals surface area contributed by atoms with Crippen molar-refractivity contribution in [3.8, 4) is 5.75 Å². The topological polar surface area (TPSA) is 26.3 Å². The maximum absolute atomic E-state index is 12.9. The van der Waals surface area contributed by atoms with E-state index in [1.54, 1.807) is 0 Å². The quantitative estimate of drug-likeness (QED) is 0.377. The average molecular weight is 360 g/mol. The van der Waals surface area contributed by atoms with E-state index < -0.39 is 0 Å². The maximum Gasteiger partial charge on any atom is 0.343 e. The summed E-state index contributed by atoms with van der Waals surface area (Å²) in [6.45, 7) is 13.0. The van der Waals surface area contributed by atoms with E-state index in [0.717, 1.165) is 21.9 Å². The first-order valence-corrected chi connectivity index (χ1v) is 9.41. The van der Waals surface area contributed by atoms with Crippen molar-refractivity contribution >= 4 is 16.7 Å². The highest BCUT2D eigenvalue weighted by Gasteiger charge is 2.23. The summed E-state index contributed by atoms with van der Waals surface area (Å²) in [5.74, 6) is 0.249. The fourth-order valence-corrected chi connectivity index (χ4v) is 3.01. The zero-order chi connectivity index (χ0) is 19.8. The number of esters is 1. The van der Waals surface area contributed by atoms with Crippen molar-refractivity contribution in [2.45, 2.75) is 52.4 Å². The van der Waals surface area contributed by atoms with Crippen molar-refractivity contribution in [3.05, 3.63) is 77.4 Å². The summed E-state index contributed by atoms with van der Waals surface area (Å²) in [5, 5.41) is 2.18. The van der Waals surface area contributed by atoms with E-state index in [0.29, 0.717) is 11.3 Å². The standard InChI is InChI=1S/C25H28O2/c1-24(2,3)20-13-19(14-21(16-20)25(4,5)6)23(26)27-22-12-11-17-9-7-8-10-18(17)15-22/h7-16H,1-6H3. The SMILES string of the molecule is CC(C)(C)c1cc(C(=O)Oc2ccc3ccccc3c2)cc(C(C)(C)C)c1. The summed E-state index contributed by atoms with van der Waals surface area (Å²) in [7, 11) is 0. The molecule has 0 radical (unpaired) electrons. The second-order valence-electron chi connectivity index (χ2n) is 9.20. The molecule has 0 atom stereocenters. The molecule has 0 heterocycles. The number of rotatable bonds is 2. The van der Waals surface area contributed by atoms with Crippen molar-refractivity contribution in [3.63, 3.8) is 0 Å². The molecule has 3 aromatic carbocycles. The van der Waals surface area contributed by atoms with E-state index in [2.05, 4.69) is 47.6 Å². The predicted octanol–water partition coefficient (Wildman–Crippen LogP) is 6.65. The molecule has 0 bridgehead atoms. The summed E-state index contributed by atoms with van der Waals surface area (Å²) in [4.78, 5) is 12.9. The molecule has 0 saturated heterocycles. The van der Waals surface area contributed by atoms with Crippen molar-refractivity contribution in [2.24, 2.45) is 0 Å². The smallest absolute Gasteiger partial charge is 0.343 e. The van der Waals surface area contributed by atoms with Gasteiger partial charge in [0, 0.05) is 0 Å². The molecule has 2 heteroatoms. The Kier molecular flexibility index (Phi) is 4.86. The fraction of sp³-hybridized carbons (Fsp3) is 0.320. The van der Waals surface area contributed by atoms with Crippen LogP contribution in [0.15, 0.2) is 60.7 Å². The molecule has 2 nitrogen and oxygen atoms in total. The molecule has 3 rings (SSSR count). The summed E-state index contributed by atoms with van der Waals surface area (Å²) in [6, 6.07) is 19.9. The Morgan fingerprint density at radius 3 is 1.81 bits per heavy atom. The number of hydrogen-bond donors (Lipinski definition) is 0. The van der Waals surface area contributed by atoms with Crippen LogP contribution in [-0.2, 0) is 10.8 Å². The zero-order valence-electron chi connectivity index (χ0n) is 17.1. The van der Waals surface area contributed by atoms with Gasteiger partial charge in [0.15, 0.2) is 0 Å². The highest BCUT2D eigenvalue weighted by Crippen LogP contribution is 2.31. The first kappa shape index (κ1) is 19.2. The number of carbonyl (C=O) groups is 1. The molecule has 0 aliphatic rings. The van der Waals surface area contributed by atoms with Gasteiger partial charge in [-0.15, -0.1) is 0 Å². The molecule has 3 aromatic rings. The minimum absolute atomic E-state index is 0.0424. The molecule has 0 fully saturated rings. The van der Waals surface area contributed by atoms with Gasteiger partial charge in [0.25, 0.3) is 0 Å². The van der Waals surface area contributed by atoms with Crippen LogP contribution >= 0.6 is 0 Å². The van der Waals surface area contributed by atoms with Crippen LogP contribution in [0.2, 0.25) is 0 Å². The molecule has 0 spiro atoms. The van der Waals surface area contributed by atoms with Gasteiger partial charge in [0.1, 0.15) is 5.75 Å². The van der Waals surface area contributed by atoms with Crippen molar-refractivity contribution in [1.29, 1.82) is 0 Å². The van der Waals surface area contributed by atoms with Crippen LogP contribution in [0.5, 0.6) is 5.75 Å². The molecule has 0 aliphatic carbocycles. The highest BCUT2D eigenvalue weighted by molar-refractivity contribution is 5.92. The second-order valence-corrected chi connectivity index (χ2v) is 9.20. The molecule has 0 amide bonds. The number of carbonyl (C=O) groups excluding carboxylic acids is 1. The van der Waals surface area contributed by atoms with Gasteiger partial charge < -0.3 is 4.74 Å². The van der Waals surface area contributed by atoms with Crippen LogP contribution in [-0.4, -0.2) is 5.97 Å². The summed E-state index contributed by atoms with van der Waals surface area (Å²) < 4.78 is 5.70. The van der Waals surface area contributed by atoms with E-state index in [1.807, 2.05) is 54.6 Å².